The molecule has 0 spiro atoms. The molecular weight excluding hydrogens is 167 g/mol. The maximum absolute atomic E-state index is 5.25. The third-order valence-electron chi connectivity index (χ3n) is 1.43. The molecule has 0 aromatic carbocycles. The molecule has 1 aliphatic heterocycles. The highest BCUT2D eigenvalue weighted by Gasteiger charge is 2.30. The molecule has 1 aliphatic rings. The van der Waals surface area contributed by atoms with Gasteiger partial charge in [0.05, 0.1) is 12.5 Å². The van der Waals surface area contributed by atoms with Crippen molar-refractivity contribution in [1.29, 1.82) is 0 Å². The molecule has 1 saturated heterocycles. The first-order valence-corrected chi connectivity index (χ1v) is 5.78. The van der Waals surface area contributed by atoms with Crippen molar-refractivity contribution in [1.82, 2.24) is 0 Å². The second kappa shape index (κ2) is 3.02. The average molecular weight is 176 g/mol. The highest BCUT2D eigenvalue weighted by atomic mass is 32.5. The second-order valence-corrected chi connectivity index (χ2v) is 6.01. The van der Waals surface area contributed by atoms with Crippen molar-refractivity contribution in [3.63, 3.8) is 0 Å². The van der Waals surface area contributed by atoms with Gasteiger partial charge in [-0.25, -0.2) is 0 Å². The first kappa shape index (κ1) is 8.23. The molecule has 10 heavy (non-hydrogen) atoms. The minimum atomic E-state index is -1.93. The molecule has 0 aromatic rings. The molecule has 2 atom stereocenters. The van der Waals surface area contributed by atoms with E-state index < -0.39 is 6.49 Å². The van der Waals surface area contributed by atoms with Crippen LogP contribution in [0.2, 0.25) is 0 Å². The lowest BCUT2D eigenvalue weighted by Crippen LogP contribution is -1.97. The molecule has 2 nitrogen and oxygen atoms in total. The summed E-state index contributed by atoms with van der Waals surface area (Å²) in [5, 5.41) is 0. The van der Waals surface area contributed by atoms with Gasteiger partial charge in [0.1, 0.15) is 0 Å². The summed E-state index contributed by atoms with van der Waals surface area (Å²) in [7, 11) is 1.58. The fourth-order valence-electron chi connectivity index (χ4n) is 0.807. The molecule has 0 amide bonds. The Kier molecular flexibility index (Phi) is 2.49. The minimum absolute atomic E-state index is 0.172. The first-order chi connectivity index (χ1) is 4.70. The molecule has 2 unspecified atom stereocenters. The summed E-state index contributed by atoms with van der Waals surface area (Å²) in [6.45, 7) is -1.36. The molecule has 1 heterocycles. The summed E-state index contributed by atoms with van der Waals surface area (Å²) in [4.78, 5) is 0. The van der Waals surface area contributed by atoms with E-state index in [0.717, 1.165) is 6.16 Å². The van der Waals surface area contributed by atoms with E-state index in [1.807, 2.05) is 0 Å². The van der Waals surface area contributed by atoms with Gasteiger partial charge in [0, 0.05) is 13.3 Å². The molecule has 0 aliphatic carbocycles. The summed E-state index contributed by atoms with van der Waals surface area (Å²) in [5.74, 6) is 2.78. The van der Waals surface area contributed by atoms with E-state index in [-0.39, 0.29) is 5.92 Å². The Morgan fingerprint density at radius 3 is 2.90 bits per heavy atom. The van der Waals surface area contributed by atoms with Crippen molar-refractivity contribution >= 4 is 18.3 Å². The predicted octanol–water partition coefficient (Wildman–Crippen LogP) is 1.22. The average Bonchev–Trinajstić information content (AvgIpc) is 2.33. The summed E-state index contributed by atoms with van der Waals surface area (Å²) >= 11 is 5.08. The van der Waals surface area contributed by atoms with Crippen LogP contribution in [0.1, 0.15) is 0 Å². The maximum Gasteiger partial charge on any atom is 0.189 e. The summed E-state index contributed by atoms with van der Waals surface area (Å²) in [6.07, 6.45) is 5.93. The quantitative estimate of drug-likeness (QED) is 0.442. The van der Waals surface area contributed by atoms with Crippen molar-refractivity contribution in [2.45, 2.75) is 0 Å². The lowest BCUT2D eigenvalue weighted by atomic mass is 10.2. The Morgan fingerprint density at radius 1 is 1.90 bits per heavy atom. The molecule has 0 N–H and O–H groups in total. The molecule has 1 rings (SSSR count). The Morgan fingerprint density at radius 2 is 2.60 bits per heavy atom. The van der Waals surface area contributed by atoms with Crippen LogP contribution in [0.15, 0.2) is 0 Å². The van der Waals surface area contributed by atoms with Gasteiger partial charge < -0.3 is 9.05 Å². The lowest BCUT2D eigenvalue weighted by molar-refractivity contribution is 0.303. The van der Waals surface area contributed by atoms with Crippen LogP contribution in [0.5, 0.6) is 0 Å². The highest BCUT2D eigenvalue weighted by molar-refractivity contribution is 8.10. The third kappa shape index (κ3) is 1.59. The standard InChI is InChI=1S/C6H9O2PS/c1-3-6-4-8-9(10,5-6)7-2/h1,6H,4-5H2,2H3. The molecule has 4 heteroatoms. The molecule has 0 bridgehead atoms. The summed E-state index contributed by atoms with van der Waals surface area (Å²) < 4.78 is 10.3. The van der Waals surface area contributed by atoms with E-state index in [1.54, 1.807) is 7.11 Å². The van der Waals surface area contributed by atoms with E-state index in [9.17, 15) is 0 Å². The van der Waals surface area contributed by atoms with Gasteiger partial charge in [-0.2, -0.15) is 0 Å². The smallest absolute Gasteiger partial charge is 0.189 e. The largest absolute Gasteiger partial charge is 0.333 e. The molecular formula is C6H9O2PS. The van der Waals surface area contributed by atoms with Crippen molar-refractivity contribution < 1.29 is 9.05 Å². The SMILES string of the molecule is C#CC1COP(=S)(OC)C1. The Labute approximate surface area is 66.1 Å². The van der Waals surface area contributed by atoms with E-state index in [1.165, 1.54) is 0 Å². The van der Waals surface area contributed by atoms with Crippen LogP contribution >= 0.6 is 6.49 Å². The van der Waals surface area contributed by atoms with E-state index >= 15 is 0 Å². The van der Waals surface area contributed by atoms with Gasteiger partial charge in [-0.3, -0.25) is 0 Å². The van der Waals surface area contributed by atoms with Crippen LogP contribution in [0, 0.1) is 18.3 Å². The highest BCUT2D eigenvalue weighted by Crippen LogP contribution is 2.53. The fourth-order valence-corrected chi connectivity index (χ4v) is 3.05. The third-order valence-corrected chi connectivity index (χ3v) is 4.63. The first-order valence-electron chi connectivity index (χ1n) is 2.95. The molecule has 56 valence electrons. The van der Waals surface area contributed by atoms with E-state index in [2.05, 4.69) is 5.92 Å². The molecule has 0 saturated carbocycles. The van der Waals surface area contributed by atoms with Gasteiger partial charge in [0.25, 0.3) is 0 Å². The second-order valence-electron chi connectivity index (χ2n) is 2.14. The molecule has 1 fully saturated rings. The topological polar surface area (TPSA) is 18.5 Å². The van der Waals surface area contributed by atoms with Crippen LogP contribution in [-0.2, 0) is 20.9 Å². The lowest BCUT2D eigenvalue weighted by Gasteiger charge is -2.09. The normalized spacial score (nSPS) is 39.4. The van der Waals surface area contributed by atoms with Gasteiger partial charge >= 0.3 is 0 Å². The fraction of sp³-hybridized carbons (Fsp3) is 0.667. The van der Waals surface area contributed by atoms with Crippen LogP contribution in [0.3, 0.4) is 0 Å². The monoisotopic (exact) mass is 176 g/mol. The van der Waals surface area contributed by atoms with Crippen LogP contribution in [0.4, 0.5) is 0 Å². The summed E-state index contributed by atoms with van der Waals surface area (Å²) in [5.41, 5.74) is 0. The zero-order chi connectivity index (χ0) is 7.61. The van der Waals surface area contributed by atoms with Crippen LogP contribution in [0.25, 0.3) is 0 Å². The van der Waals surface area contributed by atoms with Crippen molar-refractivity contribution in [3.05, 3.63) is 0 Å². The van der Waals surface area contributed by atoms with Gasteiger partial charge in [-0.15, -0.1) is 12.3 Å². The summed E-state index contributed by atoms with van der Waals surface area (Å²) in [6, 6.07) is 0. The van der Waals surface area contributed by atoms with Gasteiger partial charge in [-0.05, 0) is 11.8 Å². The van der Waals surface area contributed by atoms with Crippen LogP contribution < -0.4 is 0 Å². The number of rotatable bonds is 1. The Hall–Kier alpha value is 0.130. The van der Waals surface area contributed by atoms with Gasteiger partial charge in [0.2, 0.25) is 0 Å². The van der Waals surface area contributed by atoms with Gasteiger partial charge in [0.15, 0.2) is 6.49 Å². The van der Waals surface area contributed by atoms with Crippen molar-refractivity contribution in [2.75, 3.05) is 19.9 Å². The zero-order valence-electron chi connectivity index (χ0n) is 5.74. The van der Waals surface area contributed by atoms with Gasteiger partial charge in [-0.1, -0.05) is 0 Å². The molecule has 0 radical (unpaired) electrons. The van der Waals surface area contributed by atoms with Crippen molar-refractivity contribution in [3.8, 4) is 12.3 Å². The molecule has 0 aromatic heterocycles. The van der Waals surface area contributed by atoms with E-state index in [0.29, 0.717) is 6.61 Å². The Balaban J connectivity index is 2.60. The number of hydrogen-bond donors (Lipinski definition) is 0. The number of terminal acetylenes is 1. The zero-order valence-corrected chi connectivity index (χ0v) is 7.45. The van der Waals surface area contributed by atoms with Crippen LogP contribution in [-0.4, -0.2) is 19.9 Å². The number of hydrogen-bond acceptors (Lipinski definition) is 3. The predicted molar refractivity (Wildman–Crippen MR) is 44.4 cm³/mol. The minimum Gasteiger partial charge on any atom is -0.333 e. The Bertz CT molecular complexity index is 208. The van der Waals surface area contributed by atoms with Crippen molar-refractivity contribution in [2.24, 2.45) is 5.92 Å². The van der Waals surface area contributed by atoms with E-state index in [4.69, 9.17) is 27.3 Å². The maximum atomic E-state index is 5.25.